The molecule has 18 heavy (non-hydrogen) atoms. The average molecular weight is 261 g/mol. The molecule has 0 spiro atoms. The van der Waals surface area contributed by atoms with Crippen LogP contribution in [0.2, 0.25) is 19.6 Å². The van der Waals surface area contributed by atoms with E-state index in [0.717, 1.165) is 0 Å². The van der Waals surface area contributed by atoms with Gasteiger partial charge in [0, 0.05) is 17.7 Å². The molecule has 1 aromatic rings. The predicted molar refractivity (Wildman–Crippen MR) is 74.9 cm³/mol. The van der Waals surface area contributed by atoms with Gasteiger partial charge in [-0.1, -0.05) is 49.6 Å². The molecule has 3 nitrogen and oxygen atoms in total. The van der Waals surface area contributed by atoms with E-state index < -0.39 is 14.3 Å². The van der Waals surface area contributed by atoms with Crippen LogP contribution in [0.1, 0.15) is 22.1 Å². The standard InChI is InChI=1S/C14H19NO2Si/c1-18(2,3)10-6-9-15-13(16)11-7-4-5-8-12(11)14(15)17/h4-8,10,13,16H,9H2,1-3H3/b10-6+. The fraction of sp³-hybridized carbons (Fsp3) is 0.357. The second kappa shape index (κ2) is 4.70. The molecule has 4 heteroatoms. The predicted octanol–water partition coefficient (Wildman–Crippen LogP) is 2.57. The van der Waals surface area contributed by atoms with Crippen molar-refractivity contribution in [2.24, 2.45) is 0 Å². The SMILES string of the molecule is C[Si](C)(C)/C=C/CN1C(=O)c2ccccc2C1O. The highest BCUT2D eigenvalue weighted by molar-refractivity contribution is 6.80. The first-order chi connectivity index (χ1) is 8.40. The number of benzene rings is 1. The van der Waals surface area contributed by atoms with Gasteiger partial charge in [-0.15, -0.1) is 0 Å². The smallest absolute Gasteiger partial charge is 0.256 e. The van der Waals surface area contributed by atoms with E-state index in [4.69, 9.17) is 0 Å². The Kier molecular flexibility index (Phi) is 3.41. The number of hydrogen-bond donors (Lipinski definition) is 1. The minimum absolute atomic E-state index is 0.0849. The Morgan fingerprint density at radius 1 is 1.33 bits per heavy atom. The number of carbonyl (C=O) groups excluding carboxylic acids is 1. The van der Waals surface area contributed by atoms with Gasteiger partial charge in [0.1, 0.15) is 0 Å². The van der Waals surface area contributed by atoms with Gasteiger partial charge in [0.25, 0.3) is 5.91 Å². The highest BCUT2D eigenvalue weighted by atomic mass is 28.3. The first-order valence-electron chi connectivity index (χ1n) is 6.16. The van der Waals surface area contributed by atoms with Crippen molar-refractivity contribution in [3.8, 4) is 0 Å². The van der Waals surface area contributed by atoms with E-state index in [2.05, 4.69) is 25.3 Å². The summed E-state index contributed by atoms with van der Waals surface area (Å²) in [7, 11) is -1.25. The molecule has 0 bridgehead atoms. The van der Waals surface area contributed by atoms with Gasteiger partial charge in [0.15, 0.2) is 6.23 Å². The molecule has 1 aliphatic rings. The third-order valence-corrected chi connectivity index (χ3v) is 4.18. The second-order valence-corrected chi connectivity index (χ2v) is 10.8. The Bertz CT molecular complexity index is 491. The molecule has 1 heterocycles. The maximum Gasteiger partial charge on any atom is 0.256 e. The third kappa shape index (κ3) is 2.54. The number of aliphatic hydroxyl groups excluding tert-OH is 1. The van der Waals surface area contributed by atoms with Gasteiger partial charge in [-0.2, -0.15) is 0 Å². The summed E-state index contributed by atoms with van der Waals surface area (Å²) in [4.78, 5) is 13.6. The van der Waals surface area contributed by atoms with E-state index >= 15 is 0 Å². The maximum atomic E-state index is 12.1. The van der Waals surface area contributed by atoms with Crippen molar-refractivity contribution >= 4 is 14.0 Å². The topological polar surface area (TPSA) is 40.5 Å². The summed E-state index contributed by atoms with van der Waals surface area (Å²) >= 11 is 0. The van der Waals surface area contributed by atoms with Crippen molar-refractivity contribution in [2.75, 3.05) is 6.54 Å². The summed E-state index contributed by atoms with van der Waals surface area (Å²) in [6.45, 7) is 7.18. The zero-order valence-electron chi connectivity index (χ0n) is 11.1. The fourth-order valence-corrected chi connectivity index (χ4v) is 2.87. The van der Waals surface area contributed by atoms with E-state index in [0.29, 0.717) is 17.7 Å². The number of rotatable bonds is 3. The van der Waals surface area contributed by atoms with Gasteiger partial charge >= 0.3 is 0 Å². The maximum absolute atomic E-state index is 12.1. The lowest BCUT2D eigenvalue weighted by molar-refractivity contribution is 0.0232. The number of fused-ring (bicyclic) bond motifs is 1. The molecule has 1 unspecified atom stereocenters. The van der Waals surface area contributed by atoms with Gasteiger partial charge in [-0.05, 0) is 6.07 Å². The molecule has 0 aromatic heterocycles. The summed E-state index contributed by atoms with van der Waals surface area (Å²) in [6.07, 6.45) is 1.19. The average Bonchev–Trinajstić information content (AvgIpc) is 2.53. The van der Waals surface area contributed by atoms with E-state index in [-0.39, 0.29) is 5.91 Å². The molecule has 1 amide bonds. The molecule has 0 saturated heterocycles. The van der Waals surface area contributed by atoms with E-state index in [1.807, 2.05) is 18.2 Å². The lowest BCUT2D eigenvalue weighted by Gasteiger charge is -2.19. The van der Waals surface area contributed by atoms with Crippen LogP contribution in [0.5, 0.6) is 0 Å². The molecule has 1 N–H and O–H groups in total. The molecule has 2 rings (SSSR count). The zero-order chi connectivity index (χ0) is 13.3. The summed E-state index contributed by atoms with van der Waals surface area (Å²) < 4.78 is 0. The first kappa shape index (κ1) is 13.0. The minimum Gasteiger partial charge on any atom is -0.369 e. The second-order valence-electron chi connectivity index (χ2n) is 5.69. The van der Waals surface area contributed by atoms with Crippen molar-refractivity contribution < 1.29 is 9.90 Å². The summed E-state index contributed by atoms with van der Waals surface area (Å²) in [5.74, 6) is -0.0849. The highest BCUT2D eigenvalue weighted by Crippen LogP contribution is 2.30. The summed E-state index contributed by atoms with van der Waals surface area (Å²) in [5, 5.41) is 10.1. The normalized spacial score (nSPS) is 19.7. The Hall–Kier alpha value is -1.39. The van der Waals surface area contributed by atoms with Crippen molar-refractivity contribution in [1.82, 2.24) is 4.90 Å². The van der Waals surface area contributed by atoms with Crippen molar-refractivity contribution in [3.63, 3.8) is 0 Å². The number of nitrogens with zero attached hydrogens (tertiary/aromatic N) is 1. The third-order valence-electron chi connectivity index (χ3n) is 2.95. The van der Waals surface area contributed by atoms with Crippen molar-refractivity contribution in [2.45, 2.75) is 25.9 Å². The molecule has 0 aliphatic carbocycles. The highest BCUT2D eigenvalue weighted by Gasteiger charge is 2.34. The van der Waals surface area contributed by atoms with E-state index in [1.165, 1.54) is 4.90 Å². The molecule has 0 fully saturated rings. The molecular formula is C14H19NO2Si. The Morgan fingerprint density at radius 3 is 2.61 bits per heavy atom. The molecule has 0 saturated carbocycles. The number of amides is 1. The molecule has 1 aromatic carbocycles. The van der Waals surface area contributed by atoms with E-state index in [9.17, 15) is 9.90 Å². The molecule has 96 valence electrons. The van der Waals surface area contributed by atoms with Gasteiger partial charge in [0.05, 0.1) is 8.07 Å². The van der Waals surface area contributed by atoms with Crippen LogP contribution in [0.4, 0.5) is 0 Å². The Labute approximate surface area is 109 Å². The lowest BCUT2D eigenvalue weighted by Crippen LogP contribution is -2.28. The van der Waals surface area contributed by atoms with E-state index in [1.54, 1.807) is 12.1 Å². The first-order valence-corrected chi connectivity index (χ1v) is 9.73. The van der Waals surface area contributed by atoms with Crippen molar-refractivity contribution in [1.29, 1.82) is 0 Å². The van der Waals surface area contributed by atoms with Crippen molar-refractivity contribution in [3.05, 3.63) is 47.2 Å². The van der Waals surface area contributed by atoms with Crippen LogP contribution in [0, 0.1) is 0 Å². The van der Waals surface area contributed by atoms with Crippen LogP contribution >= 0.6 is 0 Å². The minimum atomic E-state index is -1.25. The number of carbonyl (C=O) groups is 1. The molecule has 1 atom stereocenters. The number of aliphatic hydroxyl groups is 1. The monoisotopic (exact) mass is 261 g/mol. The van der Waals surface area contributed by atoms with Crippen LogP contribution in [0.15, 0.2) is 36.0 Å². The van der Waals surface area contributed by atoms with Crippen LogP contribution in [-0.4, -0.2) is 30.5 Å². The molecular weight excluding hydrogens is 242 g/mol. The molecule has 1 aliphatic heterocycles. The summed E-state index contributed by atoms with van der Waals surface area (Å²) in [5.41, 5.74) is 3.52. The van der Waals surface area contributed by atoms with Gasteiger partial charge in [-0.3, -0.25) is 4.79 Å². The van der Waals surface area contributed by atoms with Crippen LogP contribution in [0.25, 0.3) is 0 Å². The zero-order valence-corrected chi connectivity index (χ0v) is 12.1. The summed E-state index contributed by atoms with van der Waals surface area (Å²) in [6, 6.07) is 7.24. The van der Waals surface area contributed by atoms with Gasteiger partial charge < -0.3 is 10.0 Å². The molecule has 0 radical (unpaired) electrons. The largest absolute Gasteiger partial charge is 0.369 e. The Morgan fingerprint density at radius 2 is 2.00 bits per heavy atom. The lowest BCUT2D eigenvalue weighted by atomic mass is 10.1. The van der Waals surface area contributed by atoms with Gasteiger partial charge in [0.2, 0.25) is 0 Å². The van der Waals surface area contributed by atoms with Crippen LogP contribution in [-0.2, 0) is 0 Å². The Balaban J connectivity index is 2.14. The van der Waals surface area contributed by atoms with Crippen LogP contribution in [0.3, 0.4) is 0 Å². The van der Waals surface area contributed by atoms with Crippen LogP contribution < -0.4 is 0 Å². The van der Waals surface area contributed by atoms with Gasteiger partial charge in [-0.25, -0.2) is 0 Å². The number of hydrogen-bond acceptors (Lipinski definition) is 2. The quantitative estimate of drug-likeness (QED) is 0.850. The fourth-order valence-electron chi connectivity index (χ4n) is 2.05.